The first-order chi connectivity index (χ1) is 13.4. The molecule has 1 atom stereocenters. The van der Waals surface area contributed by atoms with Gasteiger partial charge in [0.25, 0.3) is 0 Å². The molecule has 0 saturated heterocycles. The molecule has 0 aliphatic carbocycles. The lowest BCUT2D eigenvalue weighted by Crippen LogP contribution is -2.32. The van der Waals surface area contributed by atoms with Gasteiger partial charge in [-0.25, -0.2) is 17.5 Å². The van der Waals surface area contributed by atoms with E-state index < -0.39 is 15.8 Å². The van der Waals surface area contributed by atoms with Crippen molar-refractivity contribution in [2.75, 3.05) is 6.54 Å². The van der Waals surface area contributed by atoms with Crippen LogP contribution in [0.2, 0.25) is 0 Å². The summed E-state index contributed by atoms with van der Waals surface area (Å²) in [5, 5.41) is 5.05. The average molecular weight is 400 g/mol. The molecule has 1 amide bonds. The van der Waals surface area contributed by atoms with E-state index in [-0.39, 0.29) is 29.8 Å². The number of carbonyl (C=O) groups excluding carboxylic acids is 1. The van der Waals surface area contributed by atoms with E-state index in [1.807, 2.05) is 49.4 Å². The number of fused-ring (bicyclic) bond motifs is 1. The summed E-state index contributed by atoms with van der Waals surface area (Å²) in [6.45, 7) is 1.84. The highest BCUT2D eigenvalue weighted by Crippen LogP contribution is 2.24. The zero-order valence-corrected chi connectivity index (χ0v) is 16.2. The van der Waals surface area contributed by atoms with Crippen LogP contribution in [0.5, 0.6) is 0 Å². The minimum Gasteiger partial charge on any atom is -0.350 e. The zero-order valence-electron chi connectivity index (χ0n) is 15.4. The molecule has 0 heterocycles. The van der Waals surface area contributed by atoms with Crippen molar-refractivity contribution in [2.24, 2.45) is 0 Å². The van der Waals surface area contributed by atoms with Gasteiger partial charge in [-0.15, -0.1) is 0 Å². The molecule has 28 heavy (non-hydrogen) atoms. The summed E-state index contributed by atoms with van der Waals surface area (Å²) in [5.41, 5.74) is 0.998. The Morgan fingerprint density at radius 2 is 1.68 bits per heavy atom. The first kappa shape index (κ1) is 20.0. The Hall–Kier alpha value is -2.77. The average Bonchev–Trinajstić information content (AvgIpc) is 2.67. The molecule has 0 radical (unpaired) electrons. The summed E-state index contributed by atoms with van der Waals surface area (Å²) >= 11 is 0. The molecule has 1 unspecified atom stereocenters. The highest BCUT2D eigenvalue weighted by atomic mass is 32.2. The number of carbonyl (C=O) groups is 1. The quantitative estimate of drug-likeness (QED) is 0.637. The van der Waals surface area contributed by atoms with Crippen molar-refractivity contribution < 1.29 is 17.6 Å². The Morgan fingerprint density at radius 1 is 1.00 bits per heavy atom. The van der Waals surface area contributed by atoms with E-state index in [0.29, 0.717) is 0 Å². The fourth-order valence-corrected chi connectivity index (χ4v) is 4.05. The van der Waals surface area contributed by atoms with Crippen molar-refractivity contribution in [1.29, 1.82) is 0 Å². The number of hydrogen-bond donors (Lipinski definition) is 2. The third kappa shape index (κ3) is 4.74. The topological polar surface area (TPSA) is 75.3 Å². The van der Waals surface area contributed by atoms with Crippen LogP contribution in [-0.2, 0) is 14.8 Å². The van der Waals surface area contributed by atoms with Gasteiger partial charge in [0.05, 0.1) is 10.9 Å². The molecule has 3 aromatic carbocycles. The summed E-state index contributed by atoms with van der Waals surface area (Å²) in [6, 6.07) is 18.1. The minimum atomic E-state index is -3.78. The molecular formula is C21H21FN2O3S. The van der Waals surface area contributed by atoms with Crippen molar-refractivity contribution in [2.45, 2.75) is 24.3 Å². The van der Waals surface area contributed by atoms with Gasteiger partial charge in [-0.1, -0.05) is 42.5 Å². The van der Waals surface area contributed by atoms with Gasteiger partial charge >= 0.3 is 0 Å². The van der Waals surface area contributed by atoms with Gasteiger partial charge in [0.2, 0.25) is 15.9 Å². The maximum Gasteiger partial charge on any atom is 0.240 e. The number of rotatable bonds is 7. The molecule has 7 heteroatoms. The third-order valence-corrected chi connectivity index (χ3v) is 5.91. The fourth-order valence-electron chi connectivity index (χ4n) is 3.02. The molecule has 5 nitrogen and oxygen atoms in total. The molecule has 0 spiro atoms. The predicted molar refractivity (Wildman–Crippen MR) is 107 cm³/mol. The Morgan fingerprint density at radius 3 is 2.43 bits per heavy atom. The second-order valence-electron chi connectivity index (χ2n) is 6.46. The van der Waals surface area contributed by atoms with Crippen molar-refractivity contribution >= 4 is 26.7 Å². The van der Waals surface area contributed by atoms with Crippen molar-refractivity contribution in [3.8, 4) is 0 Å². The van der Waals surface area contributed by atoms with Gasteiger partial charge in [-0.2, -0.15) is 0 Å². The number of hydrogen-bond acceptors (Lipinski definition) is 3. The van der Waals surface area contributed by atoms with Crippen LogP contribution >= 0.6 is 0 Å². The van der Waals surface area contributed by atoms with E-state index in [4.69, 9.17) is 0 Å². The highest BCUT2D eigenvalue weighted by molar-refractivity contribution is 7.89. The van der Waals surface area contributed by atoms with Gasteiger partial charge in [0.15, 0.2) is 0 Å². The maximum absolute atomic E-state index is 12.9. The van der Waals surface area contributed by atoms with E-state index in [2.05, 4.69) is 10.0 Å². The second-order valence-corrected chi connectivity index (χ2v) is 8.23. The molecule has 0 aliphatic rings. The Labute approximate surface area is 163 Å². The molecule has 2 N–H and O–H groups in total. The fraction of sp³-hybridized carbons (Fsp3) is 0.190. The summed E-state index contributed by atoms with van der Waals surface area (Å²) in [6.07, 6.45) is -0.00443. The standard InChI is InChI=1S/C21H21FN2O3S/c1-15(19-8-4-6-16-5-2-3-7-20(16)19)24-21(25)13-14-23-28(26,27)18-11-9-17(22)10-12-18/h2-12,15,23H,13-14H2,1H3,(H,24,25). The molecule has 0 bridgehead atoms. The molecule has 0 fully saturated rings. The Bertz CT molecular complexity index is 1080. The normalized spacial score (nSPS) is 12.6. The summed E-state index contributed by atoms with van der Waals surface area (Å²) < 4.78 is 39.6. The van der Waals surface area contributed by atoms with Crippen LogP contribution in [0.4, 0.5) is 4.39 Å². The third-order valence-electron chi connectivity index (χ3n) is 4.44. The van der Waals surface area contributed by atoms with E-state index in [0.717, 1.165) is 28.5 Å². The minimum absolute atomic E-state index is 0.00443. The summed E-state index contributed by atoms with van der Waals surface area (Å²) in [4.78, 5) is 12.2. The molecule has 3 aromatic rings. The Kier molecular flexibility index (Phi) is 6.06. The second kappa shape index (κ2) is 8.50. The van der Waals surface area contributed by atoms with Crippen LogP contribution in [0.15, 0.2) is 71.6 Å². The molecular weight excluding hydrogens is 379 g/mol. The van der Waals surface area contributed by atoms with E-state index in [1.54, 1.807) is 0 Å². The van der Waals surface area contributed by atoms with Gasteiger partial charge in [0.1, 0.15) is 5.82 Å². The zero-order chi connectivity index (χ0) is 20.1. The molecule has 0 aromatic heterocycles. The number of sulfonamides is 1. The molecule has 3 rings (SSSR count). The number of benzene rings is 3. The summed E-state index contributed by atoms with van der Waals surface area (Å²) in [5.74, 6) is -0.775. The van der Waals surface area contributed by atoms with Crippen molar-refractivity contribution in [1.82, 2.24) is 10.0 Å². The smallest absolute Gasteiger partial charge is 0.240 e. The van der Waals surface area contributed by atoms with E-state index >= 15 is 0 Å². The Balaban J connectivity index is 1.57. The molecule has 0 saturated carbocycles. The van der Waals surface area contributed by atoms with Crippen molar-refractivity contribution in [3.05, 3.63) is 78.1 Å². The van der Waals surface area contributed by atoms with Gasteiger partial charge in [-0.3, -0.25) is 4.79 Å². The lowest BCUT2D eigenvalue weighted by Gasteiger charge is -2.17. The number of nitrogens with one attached hydrogen (secondary N) is 2. The molecule has 146 valence electrons. The highest BCUT2D eigenvalue weighted by Gasteiger charge is 2.16. The van der Waals surface area contributed by atoms with Crippen LogP contribution in [0.25, 0.3) is 10.8 Å². The first-order valence-electron chi connectivity index (χ1n) is 8.89. The predicted octanol–water partition coefficient (Wildman–Crippen LogP) is 3.52. The van der Waals surface area contributed by atoms with Crippen LogP contribution in [0.3, 0.4) is 0 Å². The van der Waals surface area contributed by atoms with Crippen molar-refractivity contribution in [3.63, 3.8) is 0 Å². The van der Waals surface area contributed by atoms with Gasteiger partial charge < -0.3 is 5.32 Å². The first-order valence-corrected chi connectivity index (χ1v) is 10.4. The largest absolute Gasteiger partial charge is 0.350 e. The monoisotopic (exact) mass is 400 g/mol. The van der Waals surface area contributed by atoms with Gasteiger partial charge in [0, 0.05) is 13.0 Å². The van der Waals surface area contributed by atoms with E-state index in [9.17, 15) is 17.6 Å². The lowest BCUT2D eigenvalue weighted by atomic mass is 9.99. The van der Waals surface area contributed by atoms with Crippen LogP contribution < -0.4 is 10.0 Å². The SMILES string of the molecule is CC(NC(=O)CCNS(=O)(=O)c1ccc(F)cc1)c1cccc2ccccc12. The lowest BCUT2D eigenvalue weighted by molar-refractivity contribution is -0.121. The number of halogens is 1. The van der Waals surface area contributed by atoms with Crippen LogP contribution in [0, 0.1) is 5.82 Å². The maximum atomic E-state index is 12.9. The molecule has 0 aliphatic heterocycles. The van der Waals surface area contributed by atoms with Crippen LogP contribution in [0.1, 0.15) is 24.9 Å². The van der Waals surface area contributed by atoms with Crippen LogP contribution in [-0.4, -0.2) is 20.9 Å². The summed E-state index contributed by atoms with van der Waals surface area (Å²) in [7, 11) is -3.78. The number of amides is 1. The van der Waals surface area contributed by atoms with Gasteiger partial charge in [-0.05, 0) is 47.5 Å². The van der Waals surface area contributed by atoms with E-state index in [1.165, 1.54) is 12.1 Å².